The Balaban J connectivity index is 1.67. The van der Waals surface area contributed by atoms with Gasteiger partial charge in [-0.05, 0) is 29.3 Å². The molecule has 4 heteroatoms. The van der Waals surface area contributed by atoms with Crippen molar-refractivity contribution >= 4 is 22.5 Å². The minimum Gasteiger partial charge on any atom is -0.505 e. The van der Waals surface area contributed by atoms with E-state index >= 15 is 0 Å². The molecule has 1 aliphatic heterocycles. The maximum Gasteiger partial charge on any atom is 0.146 e. The standard InChI is InChI=1S/C18H15ClN2O/c19-16-8-14(18(22)17-15(16)6-3-7-20-17)11-21-9-12-4-1-2-5-13(12)10-21/h1-8,22H,9-11H2. The number of phenols is 1. The van der Waals surface area contributed by atoms with Crippen molar-refractivity contribution in [3.8, 4) is 5.75 Å². The predicted molar refractivity (Wildman–Crippen MR) is 87.8 cm³/mol. The molecule has 4 rings (SSSR count). The van der Waals surface area contributed by atoms with Crippen LogP contribution in [-0.2, 0) is 19.6 Å². The Morgan fingerprint density at radius 2 is 1.82 bits per heavy atom. The summed E-state index contributed by atoms with van der Waals surface area (Å²) >= 11 is 6.34. The van der Waals surface area contributed by atoms with Crippen LogP contribution >= 0.6 is 11.6 Å². The second kappa shape index (κ2) is 5.27. The van der Waals surface area contributed by atoms with Gasteiger partial charge in [-0.2, -0.15) is 0 Å². The van der Waals surface area contributed by atoms with Gasteiger partial charge in [0.2, 0.25) is 0 Å². The van der Waals surface area contributed by atoms with Crippen LogP contribution < -0.4 is 0 Å². The number of aromatic hydroxyl groups is 1. The first-order valence-electron chi connectivity index (χ1n) is 7.26. The number of benzene rings is 2. The highest BCUT2D eigenvalue weighted by Crippen LogP contribution is 2.34. The Kier molecular flexibility index (Phi) is 3.25. The molecular weight excluding hydrogens is 296 g/mol. The van der Waals surface area contributed by atoms with Gasteiger partial charge >= 0.3 is 0 Å². The summed E-state index contributed by atoms with van der Waals surface area (Å²) < 4.78 is 0. The van der Waals surface area contributed by atoms with Crippen LogP contribution in [0.5, 0.6) is 5.75 Å². The maximum absolute atomic E-state index is 10.5. The van der Waals surface area contributed by atoms with Crippen molar-refractivity contribution in [2.75, 3.05) is 0 Å². The lowest BCUT2D eigenvalue weighted by Crippen LogP contribution is -2.15. The molecule has 1 aliphatic rings. The Bertz CT molecular complexity index is 838. The summed E-state index contributed by atoms with van der Waals surface area (Å²) in [7, 11) is 0. The molecule has 0 amide bonds. The van der Waals surface area contributed by atoms with Gasteiger partial charge in [-0.25, -0.2) is 0 Å². The molecule has 0 spiro atoms. The van der Waals surface area contributed by atoms with E-state index in [2.05, 4.69) is 34.1 Å². The molecule has 0 saturated heterocycles. The van der Waals surface area contributed by atoms with E-state index in [-0.39, 0.29) is 5.75 Å². The van der Waals surface area contributed by atoms with Crippen molar-refractivity contribution in [3.63, 3.8) is 0 Å². The average Bonchev–Trinajstić information content (AvgIpc) is 2.95. The number of phenolic OH excluding ortho intramolecular Hbond substituents is 1. The second-order valence-electron chi connectivity index (χ2n) is 5.68. The van der Waals surface area contributed by atoms with Crippen LogP contribution in [0.15, 0.2) is 48.7 Å². The van der Waals surface area contributed by atoms with Crippen molar-refractivity contribution in [2.45, 2.75) is 19.6 Å². The molecular formula is C18H15ClN2O. The highest BCUT2D eigenvalue weighted by Gasteiger charge is 2.20. The summed E-state index contributed by atoms with van der Waals surface area (Å²) in [5.74, 6) is 0.232. The van der Waals surface area contributed by atoms with Gasteiger partial charge in [-0.3, -0.25) is 9.88 Å². The Morgan fingerprint density at radius 3 is 2.55 bits per heavy atom. The van der Waals surface area contributed by atoms with Gasteiger partial charge in [-0.15, -0.1) is 0 Å². The van der Waals surface area contributed by atoms with Crippen LogP contribution in [0.1, 0.15) is 16.7 Å². The molecule has 0 saturated carbocycles. The Hall–Kier alpha value is -2.10. The lowest BCUT2D eigenvalue weighted by atomic mass is 10.1. The summed E-state index contributed by atoms with van der Waals surface area (Å²) in [4.78, 5) is 6.56. The largest absolute Gasteiger partial charge is 0.505 e. The predicted octanol–water partition coefficient (Wildman–Crippen LogP) is 4.11. The van der Waals surface area contributed by atoms with E-state index in [1.54, 1.807) is 6.20 Å². The van der Waals surface area contributed by atoms with Gasteiger partial charge in [0.25, 0.3) is 0 Å². The Morgan fingerprint density at radius 1 is 1.09 bits per heavy atom. The van der Waals surface area contributed by atoms with E-state index < -0.39 is 0 Å². The third kappa shape index (κ3) is 2.23. The van der Waals surface area contributed by atoms with Crippen molar-refractivity contribution in [3.05, 3.63) is 70.4 Å². The number of fused-ring (bicyclic) bond motifs is 2. The SMILES string of the molecule is Oc1c(CN2Cc3ccccc3C2)cc(Cl)c2cccnc12. The van der Waals surface area contributed by atoms with Gasteiger partial charge in [0.05, 0.1) is 5.02 Å². The molecule has 0 unspecified atom stereocenters. The normalized spacial score (nSPS) is 14.4. The number of rotatable bonds is 2. The highest BCUT2D eigenvalue weighted by molar-refractivity contribution is 6.35. The third-order valence-corrected chi connectivity index (χ3v) is 4.51. The molecule has 2 heterocycles. The quantitative estimate of drug-likeness (QED) is 0.774. The highest BCUT2D eigenvalue weighted by atomic mass is 35.5. The number of pyridine rings is 1. The van der Waals surface area contributed by atoms with Crippen LogP contribution in [0.3, 0.4) is 0 Å². The number of aromatic nitrogens is 1. The zero-order chi connectivity index (χ0) is 15.1. The van der Waals surface area contributed by atoms with E-state index in [1.807, 2.05) is 18.2 Å². The maximum atomic E-state index is 10.5. The smallest absolute Gasteiger partial charge is 0.146 e. The van der Waals surface area contributed by atoms with E-state index in [0.717, 1.165) is 24.0 Å². The third-order valence-electron chi connectivity index (χ3n) is 4.19. The van der Waals surface area contributed by atoms with Gasteiger partial charge in [-0.1, -0.05) is 35.9 Å². The second-order valence-corrected chi connectivity index (χ2v) is 6.09. The summed E-state index contributed by atoms with van der Waals surface area (Å²) in [5.41, 5.74) is 4.10. The lowest BCUT2D eigenvalue weighted by Gasteiger charge is -2.17. The average molecular weight is 311 g/mol. The molecule has 110 valence electrons. The first-order valence-corrected chi connectivity index (χ1v) is 7.64. The molecule has 0 aliphatic carbocycles. The minimum atomic E-state index is 0.232. The van der Waals surface area contributed by atoms with Crippen LogP contribution in [-0.4, -0.2) is 15.0 Å². The molecule has 1 N–H and O–H groups in total. The lowest BCUT2D eigenvalue weighted by molar-refractivity contribution is 0.271. The monoisotopic (exact) mass is 310 g/mol. The fraction of sp³-hybridized carbons (Fsp3) is 0.167. The van der Waals surface area contributed by atoms with Crippen LogP contribution in [0.4, 0.5) is 0 Å². The van der Waals surface area contributed by atoms with E-state index in [9.17, 15) is 5.11 Å². The topological polar surface area (TPSA) is 36.4 Å². The van der Waals surface area contributed by atoms with Gasteiger partial charge < -0.3 is 5.11 Å². The zero-order valence-electron chi connectivity index (χ0n) is 12.0. The van der Waals surface area contributed by atoms with Crippen LogP contribution in [0, 0.1) is 0 Å². The number of halogens is 1. The van der Waals surface area contributed by atoms with Gasteiger partial charge in [0.15, 0.2) is 0 Å². The molecule has 3 aromatic rings. The van der Waals surface area contributed by atoms with E-state index in [4.69, 9.17) is 11.6 Å². The molecule has 0 bridgehead atoms. The molecule has 2 aromatic carbocycles. The molecule has 0 fully saturated rings. The van der Waals surface area contributed by atoms with Gasteiger partial charge in [0, 0.05) is 36.8 Å². The van der Waals surface area contributed by atoms with Crippen molar-refractivity contribution in [2.24, 2.45) is 0 Å². The fourth-order valence-corrected chi connectivity index (χ4v) is 3.40. The summed E-state index contributed by atoms with van der Waals surface area (Å²) in [6, 6.07) is 14.0. The van der Waals surface area contributed by atoms with Crippen LogP contribution in [0.2, 0.25) is 5.02 Å². The molecule has 22 heavy (non-hydrogen) atoms. The van der Waals surface area contributed by atoms with Gasteiger partial charge in [0.1, 0.15) is 11.3 Å². The minimum absolute atomic E-state index is 0.232. The number of hydrogen-bond acceptors (Lipinski definition) is 3. The van der Waals surface area contributed by atoms with Crippen molar-refractivity contribution in [1.29, 1.82) is 0 Å². The molecule has 0 atom stereocenters. The van der Waals surface area contributed by atoms with Crippen molar-refractivity contribution < 1.29 is 5.11 Å². The van der Waals surface area contributed by atoms with Crippen LogP contribution in [0.25, 0.3) is 10.9 Å². The number of hydrogen-bond donors (Lipinski definition) is 1. The molecule has 3 nitrogen and oxygen atoms in total. The molecule has 0 radical (unpaired) electrons. The number of nitrogens with zero attached hydrogens (tertiary/aromatic N) is 2. The summed E-state index contributed by atoms with van der Waals surface area (Å²) in [6.07, 6.45) is 1.67. The van der Waals surface area contributed by atoms with Crippen molar-refractivity contribution in [1.82, 2.24) is 9.88 Å². The summed E-state index contributed by atoms with van der Waals surface area (Å²) in [5, 5.41) is 11.9. The first kappa shape index (κ1) is 13.6. The fourth-order valence-electron chi connectivity index (χ4n) is 3.11. The summed E-state index contributed by atoms with van der Waals surface area (Å²) in [6.45, 7) is 2.45. The first-order chi connectivity index (χ1) is 10.7. The molecule has 1 aromatic heterocycles. The van der Waals surface area contributed by atoms with E-state index in [1.165, 1.54) is 11.1 Å². The Labute approximate surface area is 133 Å². The van der Waals surface area contributed by atoms with E-state index in [0.29, 0.717) is 17.1 Å². The zero-order valence-corrected chi connectivity index (χ0v) is 12.7.